The second kappa shape index (κ2) is 6.23. The molecular formula is C14H16ClNOS. The molecular weight excluding hydrogens is 266 g/mol. The molecule has 0 saturated heterocycles. The highest BCUT2D eigenvalue weighted by atomic mass is 35.5. The number of benzene rings is 1. The SMILES string of the molecule is CC(N)Cc1ccc(OCc2ccsc2)c(Cl)c1. The van der Waals surface area contributed by atoms with Crippen LogP contribution in [-0.4, -0.2) is 6.04 Å². The maximum absolute atomic E-state index is 6.19. The summed E-state index contributed by atoms with van der Waals surface area (Å²) < 4.78 is 5.68. The Balaban J connectivity index is 2.01. The molecule has 0 bridgehead atoms. The third kappa shape index (κ3) is 3.73. The summed E-state index contributed by atoms with van der Waals surface area (Å²) in [6.07, 6.45) is 0.824. The topological polar surface area (TPSA) is 35.2 Å². The Morgan fingerprint density at radius 1 is 1.33 bits per heavy atom. The monoisotopic (exact) mass is 281 g/mol. The molecule has 0 fully saturated rings. The van der Waals surface area contributed by atoms with Crippen LogP contribution >= 0.6 is 22.9 Å². The van der Waals surface area contributed by atoms with Gasteiger partial charge in [-0.25, -0.2) is 0 Å². The van der Waals surface area contributed by atoms with Gasteiger partial charge in [0.15, 0.2) is 0 Å². The lowest BCUT2D eigenvalue weighted by Crippen LogP contribution is -2.17. The molecule has 2 nitrogen and oxygen atoms in total. The Morgan fingerprint density at radius 3 is 2.78 bits per heavy atom. The Labute approximate surface area is 116 Å². The summed E-state index contributed by atoms with van der Waals surface area (Å²) in [6.45, 7) is 2.53. The van der Waals surface area contributed by atoms with Gasteiger partial charge in [0.25, 0.3) is 0 Å². The molecule has 18 heavy (non-hydrogen) atoms. The zero-order valence-electron chi connectivity index (χ0n) is 10.2. The van der Waals surface area contributed by atoms with Gasteiger partial charge in [0.1, 0.15) is 12.4 Å². The van der Waals surface area contributed by atoms with Crippen LogP contribution in [0.1, 0.15) is 18.1 Å². The first-order valence-electron chi connectivity index (χ1n) is 5.83. The van der Waals surface area contributed by atoms with Crippen molar-refractivity contribution in [3.63, 3.8) is 0 Å². The molecule has 0 saturated carbocycles. The van der Waals surface area contributed by atoms with Gasteiger partial charge < -0.3 is 10.5 Å². The molecule has 2 rings (SSSR count). The second-order valence-electron chi connectivity index (χ2n) is 4.37. The number of hydrogen-bond donors (Lipinski definition) is 1. The zero-order valence-corrected chi connectivity index (χ0v) is 11.8. The summed E-state index contributed by atoms with van der Waals surface area (Å²) in [7, 11) is 0. The van der Waals surface area contributed by atoms with Crippen molar-refractivity contribution < 1.29 is 4.74 Å². The average molecular weight is 282 g/mol. The van der Waals surface area contributed by atoms with Gasteiger partial charge in [-0.05, 0) is 53.4 Å². The lowest BCUT2D eigenvalue weighted by molar-refractivity contribution is 0.307. The lowest BCUT2D eigenvalue weighted by atomic mass is 10.1. The molecule has 96 valence electrons. The van der Waals surface area contributed by atoms with E-state index in [0.717, 1.165) is 23.3 Å². The molecule has 0 amide bonds. The van der Waals surface area contributed by atoms with Crippen molar-refractivity contribution >= 4 is 22.9 Å². The molecule has 0 aliphatic rings. The fraction of sp³-hybridized carbons (Fsp3) is 0.286. The molecule has 1 unspecified atom stereocenters. The smallest absolute Gasteiger partial charge is 0.138 e. The Kier molecular flexibility index (Phi) is 4.64. The van der Waals surface area contributed by atoms with Gasteiger partial charge in [0.05, 0.1) is 5.02 Å². The van der Waals surface area contributed by atoms with Crippen molar-refractivity contribution in [2.75, 3.05) is 0 Å². The van der Waals surface area contributed by atoms with Crippen molar-refractivity contribution in [1.82, 2.24) is 0 Å². The van der Waals surface area contributed by atoms with E-state index in [4.69, 9.17) is 22.1 Å². The minimum absolute atomic E-state index is 0.138. The highest BCUT2D eigenvalue weighted by Gasteiger charge is 2.05. The van der Waals surface area contributed by atoms with Crippen molar-refractivity contribution in [2.45, 2.75) is 26.0 Å². The summed E-state index contributed by atoms with van der Waals surface area (Å²) in [6, 6.07) is 8.03. The minimum atomic E-state index is 0.138. The highest BCUT2D eigenvalue weighted by molar-refractivity contribution is 7.07. The number of hydrogen-bond acceptors (Lipinski definition) is 3. The molecule has 4 heteroatoms. The van der Waals surface area contributed by atoms with Crippen LogP contribution in [-0.2, 0) is 13.0 Å². The number of nitrogens with two attached hydrogens (primary N) is 1. The van der Waals surface area contributed by atoms with Crippen LogP contribution in [0.25, 0.3) is 0 Å². The van der Waals surface area contributed by atoms with Crippen LogP contribution in [0.4, 0.5) is 0 Å². The van der Waals surface area contributed by atoms with Crippen LogP contribution in [0, 0.1) is 0 Å². The Hall–Kier alpha value is -1.03. The quantitative estimate of drug-likeness (QED) is 0.903. The fourth-order valence-electron chi connectivity index (χ4n) is 1.70. The van der Waals surface area contributed by atoms with Gasteiger partial charge in [0.2, 0.25) is 0 Å². The molecule has 0 radical (unpaired) electrons. The molecule has 1 atom stereocenters. The van der Waals surface area contributed by atoms with Gasteiger partial charge in [-0.2, -0.15) is 11.3 Å². The largest absolute Gasteiger partial charge is 0.487 e. The summed E-state index contributed by atoms with van der Waals surface area (Å²) in [5.41, 5.74) is 8.06. The maximum atomic E-state index is 6.19. The van der Waals surface area contributed by atoms with E-state index in [9.17, 15) is 0 Å². The lowest BCUT2D eigenvalue weighted by Gasteiger charge is -2.10. The Bertz CT molecular complexity index is 497. The predicted molar refractivity (Wildman–Crippen MR) is 77.5 cm³/mol. The number of rotatable bonds is 5. The van der Waals surface area contributed by atoms with Crippen LogP contribution in [0.15, 0.2) is 35.0 Å². The van der Waals surface area contributed by atoms with Gasteiger partial charge in [-0.15, -0.1) is 0 Å². The normalized spacial score (nSPS) is 12.4. The zero-order chi connectivity index (χ0) is 13.0. The van der Waals surface area contributed by atoms with Crippen LogP contribution in [0.2, 0.25) is 5.02 Å². The first-order chi connectivity index (χ1) is 8.65. The summed E-state index contributed by atoms with van der Waals surface area (Å²) in [5.74, 6) is 0.719. The number of thiophene rings is 1. The molecule has 1 aromatic heterocycles. The first kappa shape index (κ1) is 13.4. The number of halogens is 1. The second-order valence-corrected chi connectivity index (χ2v) is 5.55. The summed E-state index contributed by atoms with van der Waals surface area (Å²) in [5, 5.41) is 4.74. The summed E-state index contributed by atoms with van der Waals surface area (Å²) in [4.78, 5) is 0. The van der Waals surface area contributed by atoms with E-state index < -0.39 is 0 Å². The van der Waals surface area contributed by atoms with E-state index in [1.807, 2.05) is 36.6 Å². The number of ether oxygens (including phenoxy) is 1. The van der Waals surface area contributed by atoms with E-state index in [0.29, 0.717) is 11.6 Å². The molecule has 2 aromatic rings. The molecule has 0 aliphatic heterocycles. The summed E-state index contributed by atoms with van der Waals surface area (Å²) >= 11 is 7.85. The van der Waals surface area contributed by atoms with Crippen molar-refractivity contribution in [1.29, 1.82) is 0 Å². The minimum Gasteiger partial charge on any atom is -0.487 e. The van der Waals surface area contributed by atoms with Crippen LogP contribution in [0.3, 0.4) is 0 Å². The third-order valence-corrected chi connectivity index (χ3v) is 3.56. The van der Waals surface area contributed by atoms with E-state index in [1.54, 1.807) is 11.3 Å². The average Bonchev–Trinajstić information content (AvgIpc) is 2.80. The van der Waals surface area contributed by atoms with E-state index >= 15 is 0 Å². The first-order valence-corrected chi connectivity index (χ1v) is 7.15. The molecule has 0 aliphatic carbocycles. The molecule has 0 spiro atoms. The predicted octanol–water partition coefficient (Wildman–Crippen LogP) is 3.87. The van der Waals surface area contributed by atoms with Gasteiger partial charge in [0, 0.05) is 6.04 Å². The van der Waals surface area contributed by atoms with Crippen molar-refractivity contribution in [2.24, 2.45) is 5.73 Å². The van der Waals surface area contributed by atoms with Gasteiger partial charge in [-0.3, -0.25) is 0 Å². The molecule has 1 heterocycles. The van der Waals surface area contributed by atoms with Gasteiger partial charge in [-0.1, -0.05) is 17.7 Å². The van der Waals surface area contributed by atoms with Crippen molar-refractivity contribution in [3.05, 3.63) is 51.2 Å². The van der Waals surface area contributed by atoms with E-state index in [-0.39, 0.29) is 6.04 Å². The van der Waals surface area contributed by atoms with Crippen LogP contribution < -0.4 is 10.5 Å². The highest BCUT2D eigenvalue weighted by Crippen LogP contribution is 2.26. The van der Waals surface area contributed by atoms with Crippen LogP contribution in [0.5, 0.6) is 5.75 Å². The molecule has 1 aromatic carbocycles. The van der Waals surface area contributed by atoms with Crippen molar-refractivity contribution in [3.8, 4) is 5.75 Å². The maximum Gasteiger partial charge on any atom is 0.138 e. The third-order valence-electron chi connectivity index (χ3n) is 2.53. The fourth-order valence-corrected chi connectivity index (χ4v) is 2.61. The van der Waals surface area contributed by atoms with E-state index in [2.05, 4.69) is 5.38 Å². The molecule has 2 N–H and O–H groups in total. The van der Waals surface area contributed by atoms with Gasteiger partial charge >= 0.3 is 0 Å². The Morgan fingerprint density at radius 2 is 2.17 bits per heavy atom. The van der Waals surface area contributed by atoms with E-state index in [1.165, 1.54) is 0 Å². The standard InChI is InChI=1S/C14H16ClNOS/c1-10(16)6-11-2-3-14(13(15)7-11)17-8-12-4-5-18-9-12/h2-5,7,9-10H,6,8,16H2,1H3.